The summed E-state index contributed by atoms with van der Waals surface area (Å²) in [5.74, 6) is -2.17. The maximum absolute atomic E-state index is 14.3. The average Bonchev–Trinajstić information content (AvgIpc) is 3.48. The molecule has 4 N–H and O–H groups in total. The van der Waals surface area contributed by atoms with Crippen molar-refractivity contribution in [2.75, 3.05) is 29.9 Å². The molecule has 13 heteroatoms. The van der Waals surface area contributed by atoms with Crippen LogP contribution in [0.4, 0.5) is 20.2 Å². The number of anilines is 2. The van der Waals surface area contributed by atoms with Gasteiger partial charge in [-0.3, -0.25) is 14.4 Å². The number of nitrogens with zero attached hydrogens (tertiary/aromatic N) is 5. The highest BCUT2D eigenvalue weighted by Crippen LogP contribution is 2.36. The van der Waals surface area contributed by atoms with E-state index in [-0.39, 0.29) is 24.2 Å². The Kier molecular flexibility index (Phi) is 6.83. The molecule has 3 heterocycles. The number of amides is 2. The van der Waals surface area contributed by atoms with Crippen molar-refractivity contribution in [3.63, 3.8) is 0 Å². The van der Waals surface area contributed by atoms with E-state index in [1.54, 1.807) is 6.07 Å². The lowest BCUT2D eigenvalue weighted by Crippen LogP contribution is -2.40. The number of halogens is 2. The van der Waals surface area contributed by atoms with Crippen LogP contribution < -0.4 is 26.8 Å². The van der Waals surface area contributed by atoms with E-state index in [1.807, 2.05) is 29.5 Å². The number of imidazole rings is 1. The van der Waals surface area contributed by atoms with E-state index < -0.39 is 28.8 Å². The smallest absolute Gasteiger partial charge is 0.276 e. The highest BCUT2D eigenvalue weighted by Gasteiger charge is 2.29. The Bertz CT molecular complexity index is 1640. The van der Waals surface area contributed by atoms with Crippen LogP contribution in [0, 0.1) is 18.6 Å². The predicted molar refractivity (Wildman–Crippen MR) is 141 cm³/mol. The van der Waals surface area contributed by atoms with Crippen molar-refractivity contribution in [3.8, 4) is 5.69 Å². The Balaban J connectivity index is 1.52. The Labute approximate surface area is 221 Å². The Morgan fingerprint density at radius 2 is 1.85 bits per heavy atom. The van der Waals surface area contributed by atoms with Crippen LogP contribution in [0.3, 0.4) is 0 Å². The first-order valence-electron chi connectivity index (χ1n) is 12.2. The number of hydrogen-bond acceptors (Lipinski definition) is 7. The number of aryl methyl sites for hydroxylation is 2. The third kappa shape index (κ3) is 4.83. The maximum Gasteiger partial charge on any atom is 0.276 e. The Morgan fingerprint density at radius 1 is 1.10 bits per heavy atom. The van der Waals surface area contributed by atoms with Crippen LogP contribution in [0.5, 0.6) is 0 Å². The summed E-state index contributed by atoms with van der Waals surface area (Å²) < 4.78 is 31.1. The van der Waals surface area contributed by atoms with Gasteiger partial charge in [-0.05, 0) is 43.7 Å². The summed E-state index contributed by atoms with van der Waals surface area (Å²) >= 11 is 0. The van der Waals surface area contributed by atoms with Gasteiger partial charge in [0.2, 0.25) is 5.91 Å². The van der Waals surface area contributed by atoms with Crippen molar-refractivity contribution in [2.45, 2.75) is 19.4 Å². The number of carbonyl (C=O) groups is 2. The first-order valence-corrected chi connectivity index (χ1v) is 12.2. The summed E-state index contributed by atoms with van der Waals surface area (Å²) in [5.41, 5.74) is 6.32. The second kappa shape index (κ2) is 10.3. The van der Waals surface area contributed by atoms with E-state index in [1.165, 1.54) is 6.07 Å². The molecule has 5 rings (SSSR count). The second-order valence-corrected chi connectivity index (χ2v) is 9.24. The molecule has 1 aliphatic rings. The molecule has 0 aliphatic carbocycles. The summed E-state index contributed by atoms with van der Waals surface area (Å²) in [5, 5.41) is 9.65. The fourth-order valence-corrected chi connectivity index (χ4v) is 4.72. The molecule has 11 nitrogen and oxygen atoms in total. The van der Waals surface area contributed by atoms with Crippen molar-refractivity contribution in [1.82, 2.24) is 24.6 Å². The number of nitrogens with one attached hydrogen (secondary N) is 2. The molecule has 39 heavy (non-hydrogen) atoms. The second-order valence-electron chi connectivity index (χ2n) is 9.24. The van der Waals surface area contributed by atoms with E-state index in [2.05, 4.69) is 15.7 Å². The number of benzene rings is 2. The molecule has 4 aromatic rings. The van der Waals surface area contributed by atoms with Crippen molar-refractivity contribution >= 4 is 34.2 Å². The fourth-order valence-electron chi connectivity index (χ4n) is 4.72. The lowest BCUT2D eigenvalue weighted by Gasteiger charge is -2.23. The third-order valence-electron chi connectivity index (χ3n) is 6.74. The molecule has 1 atom stereocenters. The SMILES string of the molecule is Cc1nc2c(N3CC[C@@H](NC(=O)CN)C3)c(NC(=O)c3ccc(=O)n(-c4c(F)cccc4F)n3)ccc2n1C. The maximum atomic E-state index is 14.3. The van der Waals surface area contributed by atoms with E-state index in [4.69, 9.17) is 10.7 Å². The van der Waals surface area contributed by atoms with Gasteiger partial charge in [0.15, 0.2) is 11.6 Å². The summed E-state index contributed by atoms with van der Waals surface area (Å²) in [6.07, 6.45) is 0.669. The van der Waals surface area contributed by atoms with Crippen LogP contribution in [-0.4, -0.2) is 56.8 Å². The standard InChI is InChI=1S/C26H26F2N8O3/c1-14-30-23-20(34(14)2)8-6-18(25(23)35-11-10-15(13-35)31-21(37)12-29)32-26(39)19-7-9-22(38)36(33-19)24-16(27)4-3-5-17(24)28/h3-9,15H,10-13,29H2,1-2H3,(H,31,37)(H,32,39)/t15-/m1/s1. The largest absolute Gasteiger partial charge is 0.366 e. The molecular formula is C26H26F2N8O3. The summed E-state index contributed by atoms with van der Waals surface area (Å²) in [6.45, 7) is 2.81. The van der Waals surface area contributed by atoms with Crippen LogP contribution in [0.25, 0.3) is 16.7 Å². The van der Waals surface area contributed by atoms with Crippen LogP contribution in [0.2, 0.25) is 0 Å². The topological polar surface area (TPSA) is 140 Å². The van der Waals surface area contributed by atoms with Gasteiger partial charge in [-0.15, -0.1) is 0 Å². The molecule has 1 fully saturated rings. The minimum atomic E-state index is -0.995. The highest BCUT2D eigenvalue weighted by molar-refractivity contribution is 6.08. The van der Waals surface area contributed by atoms with Gasteiger partial charge < -0.3 is 25.8 Å². The zero-order valence-electron chi connectivity index (χ0n) is 21.2. The number of carbonyl (C=O) groups excluding carboxylic acids is 2. The molecule has 1 saturated heterocycles. The predicted octanol–water partition coefficient (Wildman–Crippen LogP) is 1.61. The van der Waals surface area contributed by atoms with Gasteiger partial charge in [0.05, 0.1) is 23.4 Å². The van der Waals surface area contributed by atoms with E-state index >= 15 is 0 Å². The van der Waals surface area contributed by atoms with Crippen LogP contribution in [0.15, 0.2) is 47.3 Å². The summed E-state index contributed by atoms with van der Waals surface area (Å²) in [7, 11) is 1.88. The molecule has 2 aromatic heterocycles. The number of hydrogen-bond donors (Lipinski definition) is 3. The molecule has 202 valence electrons. The van der Waals surface area contributed by atoms with Gasteiger partial charge in [0.25, 0.3) is 11.5 Å². The average molecular weight is 537 g/mol. The third-order valence-corrected chi connectivity index (χ3v) is 6.74. The Morgan fingerprint density at radius 3 is 2.56 bits per heavy atom. The number of fused-ring (bicyclic) bond motifs is 1. The quantitative estimate of drug-likeness (QED) is 0.340. The number of aromatic nitrogens is 4. The van der Waals surface area contributed by atoms with Crippen LogP contribution in [0.1, 0.15) is 22.7 Å². The molecule has 0 unspecified atom stereocenters. The zero-order chi connectivity index (χ0) is 27.8. The molecule has 0 saturated carbocycles. The molecule has 0 bridgehead atoms. The first-order chi connectivity index (χ1) is 18.7. The molecule has 1 aliphatic heterocycles. The summed E-state index contributed by atoms with van der Waals surface area (Å²) in [6, 6.07) is 8.78. The van der Waals surface area contributed by atoms with E-state index in [0.29, 0.717) is 41.1 Å². The molecule has 0 spiro atoms. The van der Waals surface area contributed by atoms with Gasteiger partial charge in [0, 0.05) is 32.2 Å². The van der Waals surface area contributed by atoms with Crippen molar-refractivity contribution in [2.24, 2.45) is 12.8 Å². The Hall–Kier alpha value is -4.65. The minimum absolute atomic E-state index is 0.112. The minimum Gasteiger partial charge on any atom is -0.366 e. The van der Waals surface area contributed by atoms with E-state index in [9.17, 15) is 23.2 Å². The normalized spacial score (nSPS) is 15.1. The fraction of sp³-hybridized carbons (Fsp3) is 0.269. The number of nitrogens with two attached hydrogens (primary N) is 1. The zero-order valence-corrected chi connectivity index (χ0v) is 21.2. The number of para-hydroxylation sites is 1. The molecular weight excluding hydrogens is 510 g/mol. The van der Waals surface area contributed by atoms with Crippen molar-refractivity contribution in [1.29, 1.82) is 0 Å². The molecule has 0 radical (unpaired) electrons. The van der Waals surface area contributed by atoms with Crippen LogP contribution in [-0.2, 0) is 11.8 Å². The summed E-state index contributed by atoms with van der Waals surface area (Å²) in [4.78, 5) is 44.2. The number of rotatable bonds is 6. The molecule has 2 aromatic carbocycles. The van der Waals surface area contributed by atoms with Crippen LogP contribution >= 0.6 is 0 Å². The van der Waals surface area contributed by atoms with Gasteiger partial charge in [0.1, 0.15) is 22.7 Å². The van der Waals surface area contributed by atoms with Gasteiger partial charge >= 0.3 is 0 Å². The van der Waals surface area contributed by atoms with Gasteiger partial charge in [-0.2, -0.15) is 9.78 Å². The molecule has 2 amide bonds. The monoisotopic (exact) mass is 536 g/mol. The lowest BCUT2D eigenvalue weighted by atomic mass is 10.2. The highest BCUT2D eigenvalue weighted by atomic mass is 19.1. The lowest BCUT2D eigenvalue weighted by molar-refractivity contribution is -0.120. The van der Waals surface area contributed by atoms with E-state index in [0.717, 1.165) is 35.6 Å². The van der Waals surface area contributed by atoms with Gasteiger partial charge in [-0.25, -0.2) is 13.8 Å². The van der Waals surface area contributed by atoms with Crippen molar-refractivity contribution < 1.29 is 18.4 Å². The van der Waals surface area contributed by atoms with Gasteiger partial charge in [-0.1, -0.05) is 6.07 Å². The van der Waals surface area contributed by atoms with Crippen molar-refractivity contribution in [3.05, 3.63) is 76.0 Å². The first kappa shape index (κ1) is 26.0.